The predicted molar refractivity (Wildman–Crippen MR) is 79.2 cm³/mol. The molecule has 1 aromatic carbocycles. The highest BCUT2D eigenvalue weighted by Crippen LogP contribution is 2.23. The van der Waals surface area contributed by atoms with Gasteiger partial charge in [0.1, 0.15) is 5.82 Å². The molecule has 20 heavy (non-hydrogen) atoms. The molecule has 3 nitrogen and oxygen atoms in total. The summed E-state index contributed by atoms with van der Waals surface area (Å²) in [7, 11) is 0. The molecular weight excluding hydrogens is 253 g/mol. The normalized spacial score (nSPS) is 12.6. The van der Waals surface area contributed by atoms with Crippen LogP contribution in [0.1, 0.15) is 43.1 Å². The molecule has 1 heterocycles. The van der Waals surface area contributed by atoms with E-state index >= 15 is 0 Å². The molecule has 0 fully saturated rings. The molecule has 4 heteroatoms. The Morgan fingerprint density at radius 3 is 2.75 bits per heavy atom. The SMILES string of the molecule is CCCNC(c1ccc(C)c(F)c1)c1ccnn1CC. The highest BCUT2D eigenvalue weighted by molar-refractivity contribution is 5.31. The average Bonchev–Trinajstić information content (AvgIpc) is 2.91. The molecule has 0 saturated heterocycles. The maximum atomic E-state index is 13.8. The van der Waals surface area contributed by atoms with Crippen LogP contribution in [0.5, 0.6) is 0 Å². The van der Waals surface area contributed by atoms with Crippen molar-refractivity contribution in [1.29, 1.82) is 0 Å². The summed E-state index contributed by atoms with van der Waals surface area (Å²) in [6, 6.07) is 7.41. The number of halogens is 1. The van der Waals surface area contributed by atoms with Gasteiger partial charge >= 0.3 is 0 Å². The first-order chi connectivity index (χ1) is 9.67. The molecule has 0 bridgehead atoms. The van der Waals surface area contributed by atoms with Crippen LogP contribution in [0.15, 0.2) is 30.5 Å². The molecule has 0 aliphatic rings. The third-order valence-electron chi connectivity index (χ3n) is 3.47. The van der Waals surface area contributed by atoms with E-state index in [0.717, 1.165) is 30.8 Å². The van der Waals surface area contributed by atoms with Crippen LogP contribution in [0, 0.1) is 12.7 Å². The van der Waals surface area contributed by atoms with E-state index in [1.807, 2.05) is 22.9 Å². The quantitative estimate of drug-likeness (QED) is 0.875. The van der Waals surface area contributed by atoms with Crippen LogP contribution in [0.2, 0.25) is 0 Å². The van der Waals surface area contributed by atoms with Gasteiger partial charge in [-0.05, 0) is 50.1 Å². The lowest BCUT2D eigenvalue weighted by Crippen LogP contribution is -2.26. The van der Waals surface area contributed by atoms with Crippen LogP contribution in [-0.4, -0.2) is 16.3 Å². The van der Waals surface area contributed by atoms with Crippen LogP contribution >= 0.6 is 0 Å². The maximum absolute atomic E-state index is 13.8. The minimum absolute atomic E-state index is 0.0208. The Morgan fingerprint density at radius 2 is 2.10 bits per heavy atom. The van der Waals surface area contributed by atoms with Crippen molar-refractivity contribution in [2.75, 3.05) is 6.54 Å². The fourth-order valence-corrected chi connectivity index (χ4v) is 2.32. The van der Waals surface area contributed by atoms with Crippen molar-refractivity contribution in [3.05, 3.63) is 53.1 Å². The molecule has 0 saturated carbocycles. The smallest absolute Gasteiger partial charge is 0.126 e. The highest BCUT2D eigenvalue weighted by Gasteiger charge is 2.18. The van der Waals surface area contributed by atoms with Crippen LogP contribution in [0.4, 0.5) is 4.39 Å². The lowest BCUT2D eigenvalue weighted by Gasteiger charge is -2.20. The van der Waals surface area contributed by atoms with Gasteiger partial charge in [0.25, 0.3) is 0 Å². The summed E-state index contributed by atoms with van der Waals surface area (Å²) in [4.78, 5) is 0. The molecule has 108 valence electrons. The second kappa shape index (κ2) is 6.66. The number of hydrogen-bond acceptors (Lipinski definition) is 2. The molecule has 1 unspecified atom stereocenters. The molecule has 0 spiro atoms. The van der Waals surface area contributed by atoms with Gasteiger partial charge in [0.05, 0.1) is 11.7 Å². The van der Waals surface area contributed by atoms with Gasteiger partial charge in [0.15, 0.2) is 0 Å². The topological polar surface area (TPSA) is 29.9 Å². The molecule has 0 radical (unpaired) electrons. The van der Waals surface area contributed by atoms with Gasteiger partial charge < -0.3 is 5.32 Å². The molecule has 1 N–H and O–H groups in total. The van der Waals surface area contributed by atoms with Crippen molar-refractivity contribution in [3.8, 4) is 0 Å². The summed E-state index contributed by atoms with van der Waals surface area (Å²) in [5.74, 6) is -0.159. The fourth-order valence-electron chi connectivity index (χ4n) is 2.32. The first-order valence-electron chi connectivity index (χ1n) is 7.18. The molecule has 2 rings (SSSR count). The zero-order valence-electron chi connectivity index (χ0n) is 12.4. The third kappa shape index (κ3) is 3.07. The molecule has 1 atom stereocenters. The van der Waals surface area contributed by atoms with Gasteiger partial charge in [-0.3, -0.25) is 4.68 Å². The van der Waals surface area contributed by atoms with Crippen LogP contribution in [0.25, 0.3) is 0 Å². The number of aryl methyl sites for hydroxylation is 2. The van der Waals surface area contributed by atoms with Crippen LogP contribution in [0.3, 0.4) is 0 Å². The van der Waals surface area contributed by atoms with Crippen LogP contribution in [-0.2, 0) is 6.54 Å². The Balaban J connectivity index is 2.38. The fraction of sp³-hybridized carbons (Fsp3) is 0.438. The monoisotopic (exact) mass is 275 g/mol. The highest BCUT2D eigenvalue weighted by atomic mass is 19.1. The number of hydrogen-bond donors (Lipinski definition) is 1. The standard InChI is InChI=1S/C16H22FN3/c1-4-9-18-16(15-8-10-19-20(15)5-2)13-7-6-12(3)14(17)11-13/h6-8,10-11,16,18H,4-5,9H2,1-3H3. The van der Waals surface area contributed by atoms with Crippen molar-refractivity contribution in [3.63, 3.8) is 0 Å². The maximum Gasteiger partial charge on any atom is 0.126 e. The van der Waals surface area contributed by atoms with Crippen molar-refractivity contribution >= 4 is 0 Å². The first-order valence-corrected chi connectivity index (χ1v) is 7.18. The zero-order valence-corrected chi connectivity index (χ0v) is 12.4. The predicted octanol–water partition coefficient (Wildman–Crippen LogP) is 3.44. The van der Waals surface area contributed by atoms with E-state index in [1.165, 1.54) is 0 Å². The van der Waals surface area contributed by atoms with E-state index in [9.17, 15) is 4.39 Å². The molecule has 0 aliphatic carbocycles. The van der Waals surface area contributed by atoms with E-state index in [-0.39, 0.29) is 11.9 Å². The largest absolute Gasteiger partial charge is 0.305 e. The summed E-state index contributed by atoms with van der Waals surface area (Å²) >= 11 is 0. The van der Waals surface area contributed by atoms with Gasteiger partial charge in [-0.15, -0.1) is 0 Å². The van der Waals surface area contributed by atoms with Crippen molar-refractivity contribution in [2.24, 2.45) is 0 Å². The molecule has 2 aromatic rings. The first kappa shape index (κ1) is 14.7. The van der Waals surface area contributed by atoms with E-state index in [2.05, 4.69) is 24.3 Å². The number of nitrogens with zero attached hydrogens (tertiary/aromatic N) is 2. The lowest BCUT2D eigenvalue weighted by molar-refractivity contribution is 0.526. The Labute approximate surface area is 119 Å². The van der Waals surface area contributed by atoms with Gasteiger partial charge in [-0.25, -0.2) is 4.39 Å². The Kier molecular flexibility index (Phi) is 4.90. The van der Waals surface area contributed by atoms with Crippen molar-refractivity contribution < 1.29 is 4.39 Å². The number of benzene rings is 1. The minimum atomic E-state index is -0.159. The molecular formula is C16H22FN3. The number of aromatic nitrogens is 2. The average molecular weight is 275 g/mol. The summed E-state index contributed by atoms with van der Waals surface area (Å²) in [5, 5.41) is 7.79. The summed E-state index contributed by atoms with van der Waals surface area (Å²) in [6.07, 6.45) is 2.83. The second-order valence-corrected chi connectivity index (χ2v) is 4.97. The van der Waals surface area contributed by atoms with Gasteiger partial charge in [0.2, 0.25) is 0 Å². The van der Waals surface area contributed by atoms with E-state index in [1.54, 1.807) is 19.2 Å². The molecule has 1 aromatic heterocycles. The van der Waals surface area contributed by atoms with Gasteiger partial charge in [-0.1, -0.05) is 19.1 Å². The Morgan fingerprint density at radius 1 is 1.30 bits per heavy atom. The summed E-state index contributed by atoms with van der Waals surface area (Å²) < 4.78 is 15.8. The number of nitrogens with one attached hydrogen (secondary N) is 1. The van der Waals surface area contributed by atoms with Gasteiger partial charge in [-0.2, -0.15) is 5.10 Å². The zero-order chi connectivity index (χ0) is 14.5. The molecule has 0 aliphatic heterocycles. The summed E-state index contributed by atoms with van der Waals surface area (Å²) in [5.41, 5.74) is 2.69. The minimum Gasteiger partial charge on any atom is -0.305 e. The van der Waals surface area contributed by atoms with E-state index in [0.29, 0.717) is 5.56 Å². The van der Waals surface area contributed by atoms with E-state index < -0.39 is 0 Å². The lowest BCUT2D eigenvalue weighted by atomic mass is 10.0. The third-order valence-corrected chi connectivity index (χ3v) is 3.47. The number of rotatable bonds is 6. The van der Waals surface area contributed by atoms with Crippen LogP contribution < -0.4 is 5.32 Å². The molecule has 0 amide bonds. The van der Waals surface area contributed by atoms with Gasteiger partial charge in [0, 0.05) is 12.7 Å². The Bertz CT molecular complexity index is 563. The van der Waals surface area contributed by atoms with Crippen molar-refractivity contribution in [1.82, 2.24) is 15.1 Å². The van der Waals surface area contributed by atoms with E-state index in [4.69, 9.17) is 0 Å². The second-order valence-electron chi connectivity index (χ2n) is 4.97. The van der Waals surface area contributed by atoms with Crippen molar-refractivity contribution in [2.45, 2.75) is 39.8 Å². The Hall–Kier alpha value is -1.68. The summed E-state index contributed by atoms with van der Waals surface area (Å²) in [6.45, 7) is 7.65.